The molecule has 0 saturated heterocycles. The molecule has 1 atom stereocenters. The fourth-order valence-electron chi connectivity index (χ4n) is 2.82. The van der Waals surface area contributed by atoms with Gasteiger partial charge in [0.2, 0.25) is 0 Å². The molecule has 2 aromatic heterocycles. The standard InChI is InChI=1S/C20H17N5O/c1-14(15-6-3-2-4-7-15)22-19(26)17-10-8-16(9-11-17)18-23-24-20-21-12-5-13-25(18)20/h2-14H,1H3,(H,22,26). The van der Waals surface area contributed by atoms with Crippen LogP contribution < -0.4 is 5.32 Å². The Morgan fingerprint density at radius 3 is 2.54 bits per heavy atom. The zero-order valence-corrected chi connectivity index (χ0v) is 14.2. The van der Waals surface area contributed by atoms with Crippen LogP contribution in [0.5, 0.6) is 0 Å². The second kappa shape index (κ2) is 6.76. The minimum absolute atomic E-state index is 0.0603. The number of hydrogen-bond acceptors (Lipinski definition) is 4. The number of hydrogen-bond donors (Lipinski definition) is 1. The minimum Gasteiger partial charge on any atom is -0.346 e. The molecule has 1 N–H and O–H groups in total. The molecule has 0 aliphatic rings. The quantitative estimate of drug-likeness (QED) is 0.617. The first-order chi connectivity index (χ1) is 12.7. The van der Waals surface area contributed by atoms with Crippen molar-refractivity contribution in [3.8, 4) is 11.4 Å². The Labute approximate surface area is 150 Å². The molecule has 26 heavy (non-hydrogen) atoms. The van der Waals surface area contributed by atoms with Gasteiger partial charge in [0.25, 0.3) is 11.7 Å². The number of fused-ring (bicyclic) bond motifs is 1. The Bertz CT molecular complexity index is 1040. The number of nitrogens with zero attached hydrogens (tertiary/aromatic N) is 4. The Morgan fingerprint density at radius 2 is 1.77 bits per heavy atom. The van der Waals surface area contributed by atoms with Crippen molar-refractivity contribution < 1.29 is 4.79 Å². The van der Waals surface area contributed by atoms with Crippen molar-refractivity contribution in [3.63, 3.8) is 0 Å². The molecule has 0 bridgehead atoms. The summed E-state index contributed by atoms with van der Waals surface area (Å²) in [6.45, 7) is 1.97. The van der Waals surface area contributed by atoms with Gasteiger partial charge < -0.3 is 5.32 Å². The summed E-state index contributed by atoms with van der Waals surface area (Å²) < 4.78 is 1.81. The first-order valence-corrected chi connectivity index (χ1v) is 8.34. The normalized spacial score (nSPS) is 12.0. The Balaban J connectivity index is 1.53. The van der Waals surface area contributed by atoms with E-state index in [1.54, 1.807) is 18.3 Å². The van der Waals surface area contributed by atoms with E-state index in [1.165, 1.54) is 0 Å². The van der Waals surface area contributed by atoms with Gasteiger partial charge in [-0.3, -0.25) is 9.20 Å². The van der Waals surface area contributed by atoms with Crippen LogP contribution in [-0.4, -0.2) is 25.5 Å². The minimum atomic E-state index is -0.110. The van der Waals surface area contributed by atoms with Gasteiger partial charge in [-0.15, -0.1) is 10.2 Å². The van der Waals surface area contributed by atoms with E-state index in [-0.39, 0.29) is 11.9 Å². The van der Waals surface area contributed by atoms with Crippen LogP contribution in [0.3, 0.4) is 0 Å². The summed E-state index contributed by atoms with van der Waals surface area (Å²) in [5, 5.41) is 11.2. The first-order valence-electron chi connectivity index (χ1n) is 8.34. The Kier molecular flexibility index (Phi) is 4.15. The topological polar surface area (TPSA) is 72.2 Å². The number of amides is 1. The third-order valence-electron chi connectivity index (χ3n) is 4.24. The number of nitrogens with one attached hydrogen (secondary N) is 1. The first kappa shape index (κ1) is 16.0. The maximum absolute atomic E-state index is 12.5. The van der Waals surface area contributed by atoms with E-state index in [0.29, 0.717) is 17.2 Å². The van der Waals surface area contributed by atoms with Crippen molar-refractivity contribution in [2.75, 3.05) is 0 Å². The van der Waals surface area contributed by atoms with E-state index >= 15 is 0 Å². The van der Waals surface area contributed by atoms with E-state index in [9.17, 15) is 4.79 Å². The van der Waals surface area contributed by atoms with Crippen LogP contribution in [0, 0.1) is 0 Å². The van der Waals surface area contributed by atoms with Crippen molar-refractivity contribution in [1.82, 2.24) is 24.9 Å². The van der Waals surface area contributed by atoms with Crippen LogP contribution in [0.4, 0.5) is 0 Å². The van der Waals surface area contributed by atoms with Crippen molar-refractivity contribution >= 4 is 11.7 Å². The summed E-state index contributed by atoms with van der Waals surface area (Å²) in [7, 11) is 0. The number of aromatic nitrogens is 4. The average Bonchev–Trinajstić information content (AvgIpc) is 3.13. The number of carbonyl (C=O) groups is 1. The lowest BCUT2D eigenvalue weighted by Crippen LogP contribution is -2.26. The molecule has 1 unspecified atom stereocenters. The summed E-state index contributed by atoms with van der Waals surface area (Å²) in [5.74, 6) is 1.12. The smallest absolute Gasteiger partial charge is 0.255 e. The average molecular weight is 343 g/mol. The van der Waals surface area contributed by atoms with Crippen molar-refractivity contribution in [2.45, 2.75) is 13.0 Å². The Hall–Kier alpha value is -3.54. The molecule has 0 aliphatic carbocycles. The highest BCUT2D eigenvalue weighted by Gasteiger charge is 2.13. The summed E-state index contributed by atoms with van der Waals surface area (Å²) in [6.07, 6.45) is 3.54. The lowest BCUT2D eigenvalue weighted by Gasteiger charge is -2.14. The van der Waals surface area contributed by atoms with Gasteiger partial charge in [-0.1, -0.05) is 42.5 Å². The summed E-state index contributed by atoms with van der Waals surface area (Å²) in [5.41, 5.74) is 2.54. The number of carbonyl (C=O) groups excluding carboxylic acids is 1. The van der Waals surface area contributed by atoms with Gasteiger partial charge in [0.05, 0.1) is 6.04 Å². The fraction of sp³-hybridized carbons (Fsp3) is 0.100. The van der Waals surface area contributed by atoms with Crippen molar-refractivity contribution in [3.05, 3.63) is 84.2 Å². The molecular formula is C20H17N5O. The largest absolute Gasteiger partial charge is 0.346 e. The summed E-state index contributed by atoms with van der Waals surface area (Å²) >= 11 is 0. The van der Waals surface area contributed by atoms with Gasteiger partial charge in [-0.2, -0.15) is 0 Å². The van der Waals surface area contributed by atoms with Crippen molar-refractivity contribution in [1.29, 1.82) is 0 Å². The van der Waals surface area contributed by atoms with Gasteiger partial charge in [0.1, 0.15) is 0 Å². The molecule has 0 fully saturated rings. The second-order valence-corrected chi connectivity index (χ2v) is 6.00. The second-order valence-electron chi connectivity index (χ2n) is 6.00. The van der Waals surface area contributed by atoms with E-state index in [2.05, 4.69) is 20.5 Å². The maximum Gasteiger partial charge on any atom is 0.255 e. The van der Waals surface area contributed by atoms with Crippen LogP contribution >= 0.6 is 0 Å². The number of benzene rings is 2. The molecule has 6 heteroatoms. The van der Waals surface area contributed by atoms with E-state index in [0.717, 1.165) is 11.1 Å². The highest BCUT2D eigenvalue weighted by atomic mass is 16.1. The highest BCUT2D eigenvalue weighted by Crippen LogP contribution is 2.19. The van der Waals surface area contributed by atoms with Gasteiger partial charge in [0, 0.05) is 23.5 Å². The molecule has 0 saturated carbocycles. The van der Waals surface area contributed by atoms with Crippen LogP contribution in [0.2, 0.25) is 0 Å². The molecule has 0 radical (unpaired) electrons. The highest BCUT2D eigenvalue weighted by molar-refractivity contribution is 5.94. The summed E-state index contributed by atoms with van der Waals surface area (Å²) in [4.78, 5) is 16.6. The monoisotopic (exact) mass is 343 g/mol. The van der Waals surface area contributed by atoms with Crippen LogP contribution in [0.25, 0.3) is 17.2 Å². The van der Waals surface area contributed by atoms with Gasteiger partial charge >= 0.3 is 0 Å². The van der Waals surface area contributed by atoms with E-state index in [1.807, 2.05) is 66.1 Å². The fourth-order valence-corrected chi connectivity index (χ4v) is 2.82. The lowest BCUT2D eigenvalue weighted by atomic mass is 10.1. The zero-order valence-electron chi connectivity index (χ0n) is 14.2. The van der Waals surface area contributed by atoms with E-state index < -0.39 is 0 Å². The van der Waals surface area contributed by atoms with Crippen molar-refractivity contribution in [2.24, 2.45) is 0 Å². The third-order valence-corrected chi connectivity index (χ3v) is 4.24. The summed E-state index contributed by atoms with van der Waals surface area (Å²) in [6, 6.07) is 19.0. The molecule has 4 aromatic rings. The molecule has 0 aliphatic heterocycles. The molecule has 2 aromatic carbocycles. The Morgan fingerprint density at radius 1 is 1.00 bits per heavy atom. The molecule has 1 amide bonds. The number of rotatable bonds is 4. The van der Waals surface area contributed by atoms with E-state index in [4.69, 9.17) is 0 Å². The van der Waals surface area contributed by atoms with Gasteiger partial charge in [-0.05, 0) is 30.7 Å². The van der Waals surface area contributed by atoms with Crippen LogP contribution in [0.15, 0.2) is 73.1 Å². The molecule has 0 spiro atoms. The zero-order chi connectivity index (χ0) is 17.9. The molecular weight excluding hydrogens is 326 g/mol. The van der Waals surface area contributed by atoms with Gasteiger partial charge in [-0.25, -0.2) is 4.98 Å². The van der Waals surface area contributed by atoms with Crippen LogP contribution in [-0.2, 0) is 0 Å². The van der Waals surface area contributed by atoms with Crippen LogP contribution in [0.1, 0.15) is 28.9 Å². The predicted octanol–water partition coefficient (Wildman–Crippen LogP) is 3.28. The molecule has 4 rings (SSSR count). The lowest BCUT2D eigenvalue weighted by molar-refractivity contribution is 0.0940. The predicted molar refractivity (Wildman–Crippen MR) is 98.5 cm³/mol. The molecule has 128 valence electrons. The molecule has 6 nitrogen and oxygen atoms in total. The SMILES string of the molecule is CC(NC(=O)c1ccc(-c2nnc3ncccn23)cc1)c1ccccc1. The van der Waals surface area contributed by atoms with Gasteiger partial charge in [0.15, 0.2) is 5.82 Å². The maximum atomic E-state index is 12.5. The molecule has 2 heterocycles. The third kappa shape index (κ3) is 3.04.